The summed E-state index contributed by atoms with van der Waals surface area (Å²) in [5.41, 5.74) is 5.09. The van der Waals surface area contributed by atoms with E-state index < -0.39 is 12.1 Å². The molecule has 1 saturated heterocycles. The summed E-state index contributed by atoms with van der Waals surface area (Å²) in [6.07, 6.45) is 3.58. The fourth-order valence-electron chi connectivity index (χ4n) is 2.17. The maximum absolute atomic E-state index is 12.2. The Morgan fingerprint density at radius 2 is 2.00 bits per heavy atom. The van der Waals surface area contributed by atoms with Crippen molar-refractivity contribution >= 4 is 11.9 Å². The van der Waals surface area contributed by atoms with Gasteiger partial charge in [-0.1, -0.05) is 20.3 Å². The van der Waals surface area contributed by atoms with Gasteiger partial charge in [0.2, 0.25) is 5.91 Å². The van der Waals surface area contributed by atoms with Crippen molar-refractivity contribution in [2.45, 2.75) is 45.6 Å². The number of amides is 3. The van der Waals surface area contributed by atoms with Crippen molar-refractivity contribution in [2.75, 3.05) is 13.1 Å². The van der Waals surface area contributed by atoms with E-state index in [0.29, 0.717) is 12.3 Å². The van der Waals surface area contributed by atoms with Crippen LogP contribution in [-0.4, -0.2) is 36.0 Å². The molecular formula is C12H23N3O2. The highest BCUT2D eigenvalue weighted by Crippen LogP contribution is 2.17. The lowest BCUT2D eigenvalue weighted by Gasteiger charge is -2.33. The number of nitrogens with two attached hydrogens (primary N) is 1. The second kappa shape index (κ2) is 6.47. The number of carbonyl (C=O) groups is 2. The maximum atomic E-state index is 12.2. The van der Waals surface area contributed by atoms with E-state index in [1.807, 2.05) is 11.8 Å². The Bertz CT molecular complexity index is 273. The van der Waals surface area contributed by atoms with Crippen LogP contribution in [0.15, 0.2) is 0 Å². The minimum atomic E-state index is -0.623. The molecule has 3 amide bonds. The van der Waals surface area contributed by atoms with Crippen LogP contribution in [0.4, 0.5) is 4.79 Å². The fraction of sp³-hybridized carbons (Fsp3) is 0.833. The third kappa shape index (κ3) is 4.24. The molecule has 1 aliphatic heterocycles. The van der Waals surface area contributed by atoms with E-state index in [1.54, 1.807) is 0 Å². The molecule has 0 aromatic heterocycles. The average molecular weight is 241 g/mol. The number of hydrogen-bond donors (Lipinski definition) is 2. The zero-order valence-electron chi connectivity index (χ0n) is 10.7. The minimum Gasteiger partial charge on any atom is -0.352 e. The molecule has 5 heteroatoms. The molecule has 0 aromatic carbocycles. The topological polar surface area (TPSA) is 75.4 Å². The number of nitrogens with one attached hydrogen (secondary N) is 1. The minimum absolute atomic E-state index is 0.0116. The molecule has 0 bridgehead atoms. The van der Waals surface area contributed by atoms with Crippen molar-refractivity contribution in [2.24, 2.45) is 11.7 Å². The van der Waals surface area contributed by atoms with Crippen molar-refractivity contribution in [3.63, 3.8) is 0 Å². The van der Waals surface area contributed by atoms with Gasteiger partial charge in [-0.05, 0) is 25.2 Å². The van der Waals surface area contributed by atoms with Gasteiger partial charge in [0.15, 0.2) is 0 Å². The van der Waals surface area contributed by atoms with Crippen molar-refractivity contribution in [1.29, 1.82) is 0 Å². The van der Waals surface area contributed by atoms with Crippen LogP contribution in [0.5, 0.6) is 0 Å². The highest BCUT2D eigenvalue weighted by Gasteiger charge is 2.27. The Hall–Kier alpha value is -1.26. The van der Waals surface area contributed by atoms with Gasteiger partial charge in [-0.25, -0.2) is 4.79 Å². The quantitative estimate of drug-likeness (QED) is 0.773. The lowest BCUT2D eigenvalue weighted by Crippen LogP contribution is -2.51. The van der Waals surface area contributed by atoms with Gasteiger partial charge in [-0.3, -0.25) is 4.79 Å². The number of nitrogens with zero attached hydrogens (tertiary/aromatic N) is 1. The second-order valence-electron chi connectivity index (χ2n) is 4.86. The van der Waals surface area contributed by atoms with Gasteiger partial charge in [0.05, 0.1) is 0 Å². The van der Waals surface area contributed by atoms with Gasteiger partial charge in [0, 0.05) is 13.1 Å². The molecule has 3 N–H and O–H groups in total. The standard InChI is InChI=1S/C12H23N3O2/c1-3-4-10(14-12(13)17)11(16)15-7-5-9(2)6-8-15/h9-10H,3-8H2,1-2H3,(H3,13,14,17)/t10-/m1/s1. The van der Waals surface area contributed by atoms with Crippen LogP contribution in [0, 0.1) is 5.92 Å². The molecule has 0 radical (unpaired) electrons. The summed E-state index contributed by atoms with van der Waals surface area (Å²) in [5.74, 6) is 0.699. The molecule has 1 atom stereocenters. The number of hydrogen-bond acceptors (Lipinski definition) is 2. The molecule has 0 aromatic rings. The molecule has 0 unspecified atom stereocenters. The summed E-state index contributed by atoms with van der Waals surface area (Å²) in [5, 5.41) is 2.54. The summed E-state index contributed by atoms with van der Waals surface area (Å²) >= 11 is 0. The van der Waals surface area contributed by atoms with Crippen LogP contribution in [-0.2, 0) is 4.79 Å². The lowest BCUT2D eigenvalue weighted by molar-refractivity contribution is -0.134. The average Bonchev–Trinajstić information content (AvgIpc) is 2.28. The number of carbonyl (C=O) groups excluding carboxylic acids is 2. The highest BCUT2D eigenvalue weighted by atomic mass is 16.2. The Morgan fingerprint density at radius 1 is 1.41 bits per heavy atom. The van der Waals surface area contributed by atoms with Crippen LogP contribution in [0.3, 0.4) is 0 Å². The number of urea groups is 1. The van der Waals surface area contributed by atoms with Gasteiger partial charge in [0.1, 0.15) is 6.04 Å². The van der Waals surface area contributed by atoms with Crippen molar-refractivity contribution in [1.82, 2.24) is 10.2 Å². The van der Waals surface area contributed by atoms with Crippen LogP contribution >= 0.6 is 0 Å². The maximum Gasteiger partial charge on any atom is 0.312 e. The van der Waals surface area contributed by atoms with Gasteiger partial charge < -0.3 is 16.0 Å². The largest absolute Gasteiger partial charge is 0.352 e. The molecule has 1 fully saturated rings. The number of likely N-dealkylation sites (tertiary alicyclic amines) is 1. The van der Waals surface area contributed by atoms with Crippen LogP contribution in [0.25, 0.3) is 0 Å². The first-order chi connectivity index (χ1) is 8.04. The first-order valence-electron chi connectivity index (χ1n) is 6.39. The zero-order chi connectivity index (χ0) is 12.8. The van der Waals surface area contributed by atoms with Gasteiger partial charge in [-0.15, -0.1) is 0 Å². The molecule has 5 nitrogen and oxygen atoms in total. The number of primary amides is 1. The third-order valence-corrected chi connectivity index (χ3v) is 3.29. The molecule has 1 rings (SSSR count). The number of piperidine rings is 1. The smallest absolute Gasteiger partial charge is 0.312 e. The zero-order valence-corrected chi connectivity index (χ0v) is 10.7. The Labute approximate surface area is 103 Å². The summed E-state index contributed by atoms with van der Waals surface area (Å²) in [7, 11) is 0. The predicted octanol–water partition coefficient (Wildman–Crippen LogP) is 1.08. The van der Waals surface area contributed by atoms with E-state index >= 15 is 0 Å². The van der Waals surface area contributed by atoms with Crippen LogP contribution in [0.2, 0.25) is 0 Å². The van der Waals surface area contributed by atoms with Crippen molar-refractivity contribution in [3.8, 4) is 0 Å². The molecule has 0 aliphatic carbocycles. The molecule has 17 heavy (non-hydrogen) atoms. The monoisotopic (exact) mass is 241 g/mol. The summed E-state index contributed by atoms with van der Waals surface area (Å²) in [4.78, 5) is 24.9. The molecule has 1 heterocycles. The van der Waals surface area contributed by atoms with Crippen LogP contribution in [0.1, 0.15) is 39.5 Å². The Balaban J connectivity index is 2.54. The molecule has 0 saturated carbocycles. The molecular weight excluding hydrogens is 218 g/mol. The van der Waals surface area contributed by atoms with Gasteiger partial charge in [0.25, 0.3) is 0 Å². The summed E-state index contributed by atoms with van der Waals surface area (Å²) < 4.78 is 0. The molecule has 98 valence electrons. The molecule has 1 aliphatic rings. The fourth-order valence-corrected chi connectivity index (χ4v) is 2.17. The first-order valence-corrected chi connectivity index (χ1v) is 6.39. The SMILES string of the molecule is CCC[C@@H](NC(N)=O)C(=O)N1CCC(C)CC1. The van der Waals surface area contributed by atoms with Gasteiger partial charge >= 0.3 is 6.03 Å². The van der Waals surface area contributed by atoms with E-state index in [2.05, 4.69) is 12.2 Å². The molecule has 0 spiro atoms. The van der Waals surface area contributed by atoms with Crippen molar-refractivity contribution in [3.05, 3.63) is 0 Å². The van der Waals surface area contributed by atoms with E-state index in [-0.39, 0.29) is 5.91 Å². The number of rotatable bonds is 4. The second-order valence-corrected chi connectivity index (χ2v) is 4.86. The van der Waals surface area contributed by atoms with Gasteiger partial charge in [-0.2, -0.15) is 0 Å². The Kier molecular flexibility index (Phi) is 5.25. The van der Waals surface area contributed by atoms with E-state index in [1.165, 1.54) is 0 Å². The normalized spacial score (nSPS) is 18.8. The van der Waals surface area contributed by atoms with E-state index in [4.69, 9.17) is 5.73 Å². The van der Waals surface area contributed by atoms with Crippen LogP contribution < -0.4 is 11.1 Å². The highest BCUT2D eigenvalue weighted by molar-refractivity contribution is 5.86. The summed E-state index contributed by atoms with van der Waals surface area (Å²) in [6, 6.07) is -1.08. The van der Waals surface area contributed by atoms with Crippen molar-refractivity contribution < 1.29 is 9.59 Å². The van der Waals surface area contributed by atoms with E-state index in [0.717, 1.165) is 32.4 Å². The van der Waals surface area contributed by atoms with E-state index in [9.17, 15) is 9.59 Å². The predicted molar refractivity (Wildman–Crippen MR) is 66.4 cm³/mol. The summed E-state index contributed by atoms with van der Waals surface area (Å²) in [6.45, 7) is 5.77. The Morgan fingerprint density at radius 3 is 2.47 bits per heavy atom. The first kappa shape index (κ1) is 13.8. The lowest BCUT2D eigenvalue weighted by atomic mass is 9.98. The third-order valence-electron chi connectivity index (χ3n) is 3.29.